The first-order chi connectivity index (χ1) is 7.20. The van der Waals surface area contributed by atoms with E-state index in [-0.39, 0.29) is 0 Å². The number of aryl methyl sites for hydroxylation is 1. The molecule has 0 aromatic carbocycles. The van der Waals surface area contributed by atoms with E-state index in [9.17, 15) is 0 Å². The lowest BCUT2D eigenvalue weighted by Gasteiger charge is -2.07. The molecule has 3 nitrogen and oxygen atoms in total. The van der Waals surface area contributed by atoms with Crippen molar-refractivity contribution in [2.45, 2.75) is 26.7 Å². The number of fused-ring (bicyclic) bond motifs is 1. The molecule has 0 aliphatic carbocycles. The second-order valence-corrected chi connectivity index (χ2v) is 4.24. The topological polar surface area (TPSA) is 30.7 Å². The molecule has 2 rings (SSSR count). The summed E-state index contributed by atoms with van der Waals surface area (Å²) in [4.78, 5) is 4.43. The van der Waals surface area contributed by atoms with E-state index in [2.05, 4.69) is 30.0 Å². The second kappa shape index (κ2) is 4.01. The summed E-state index contributed by atoms with van der Waals surface area (Å²) in [6.45, 7) is 4.49. The highest BCUT2D eigenvalue weighted by Crippen LogP contribution is 2.15. The molecule has 0 saturated carbocycles. The van der Waals surface area contributed by atoms with Gasteiger partial charge in [-0.3, -0.25) is 4.68 Å². The zero-order valence-corrected chi connectivity index (χ0v) is 9.57. The fourth-order valence-electron chi connectivity index (χ4n) is 1.75. The maximum absolute atomic E-state index is 4.43. The predicted molar refractivity (Wildman–Crippen MR) is 61.7 cm³/mol. The van der Waals surface area contributed by atoms with E-state index in [1.807, 2.05) is 24.1 Å². The van der Waals surface area contributed by atoms with Crippen molar-refractivity contribution in [1.82, 2.24) is 14.8 Å². The summed E-state index contributed by atoms with van der Waals surface area (Å²) in [7, 11) is 1.92. The van der Waals surface area contributed by atoms with E-state index >= 15 is 0 Å². The standard InChI is InChI=1S/C12H17N3/c1-4-9(2)5-10-6-11-8-14-15(3)12(11)13-7-10/h6-9H,4-5H2,1-3H3. The fraction of sp³-hybridized carbons (Fsp3) is 0.500. The summed E-state index contributed by atoms with van der Waals surface area (Å²) in [6.07, 6.45) is 6.16. The van der Waals surface area contributed by atoms with Crippen LogP contribution in [0.3, 0.4) is 0 Å². The molecule has 0 aliphatic rings. The van der Waals surface area contributed by atoms with E-state index in [4.69, 9.17) is 0 Å². The molecule has 0 aliphatic heterocycles. The first-order valence-electron chi connectivity index (χ1n) is 5.47. The molecule has 80 valence electrons. The van der Waals surface area contributed by atoms with Gasteiger partial charge in [-0.25, -0.2) is 4.98 Å². The number of rotatable bonds is 3. The lowest BCUT2D eigenvalue weighted by Crippen LogP contribution is -1.99. The molecule has 2 aromatic rings. The average molecular weight is 203 g/mol. The van der Waals surface area contributed by atoms with Gasteiger partial charge in [-0.15, -0.1) is 0 Å². The van der Waals surface area contributed by atoms with Crippen molar-refractivity contribution in [3.8, 4) is 0 Å². The summed E-state index contributed by atoms with van der Waals surface area (Å²) in [5.74, 6) is 0.723. The van der Waals surface area contributed by atoms with Crippen molar-refractivity contribution in [3.05, 3.63) is 24.0 Å². The number of pyridine rings is 1. The highest BCUT2D eigenvalue weighted by atomic mass is 15.3. The van der Waals surface area contributed by atoms with Crippen LogP contribution in [0, 0.1) is 5.92 Å². The van der Waals surface area contributed by atoms with E-state index in [0.717, 1.165) is 23.4 Å². The molecule has 0 amide bonds. The molecule has 1 unspecified atom stereocenters. The van der Waals surface area contributed by atoms with Crippen LogP contribution < -0.4 is 0 Å². The molecule has 0 spiro atoms. The normalized spacial score (nSPS) is 13.3. The van der Waals surface area contributed by atoms with Crippen molar-refractivity contribution in [1.29, 1.82) is 0 Å². The van der Waals surface area contributed by atoms with Gasteiger partial charge in [0.05, 0.1) is 6.20 Å². The minimum atomic E-state index is 0.723. The van der Waals surface area contributed by atoms with E-state index in [1.165, 1.54) is 12.0 Å². The molecule has 0 radical (unpaired) electrons. The van der Waals surface area contributed by atoms with Crippen LogP contribution >= 0.6 is 0 Å². The molecule has 2 heterocycles. The van der Waals surface area contributed by atoms with Crippen molar-refractivity contribution in [2.75, 3.05) is 0 Å². The van der Waals surface area contributed by atoms with Crippen LogP contribution in [0.25, 0.3) is 11.0 Å². The minimum absolute atomic E-state index is 0.723. The summed E-state index contributed by atoms with van der Waals surface area (Å²) in [5, 5.41) is 5.33. The summed E-state index contributed by atoms with van der Waals surface area (Å²) in [5.41, 5.74) is 2.27. The molecule has 3 heteroatoms. The lowest BCUT2D eigenvalue weighted by molar-refractivity contribution is 0.559. The van der Waals surface area contributed by atoms with Crippen molar-refractivity contribution in [2.24, 2.45) is 13.0 Å². The average Bonchev–Trinajstić information content (AvgIpc) is 2.60. The monoisotopic (exact) mass is 203 g/mol. The molecule has 15 heavy (non-hydrogen) atoms. The Kier molecular flexibility index (Phi) is 2.71. The lowest BCUT2D eigenvalue weighted by atomic mass is 10.00. The smallest absolute Gasteiger partial charge is 0.157 e. The highest BCUT2D eigenvalue weighted by molar-refractivity contribution is 5.74. The molecular formula is C12H17N3. The van der Waals surface area contributed by atoms with E-state index in [0.29, 0.717) is 0 Å². The van der Waals surface area contributed by atoms with Gasteiger partial charge >= 0.3 is 0 Å². The van der Waals surface area contributed by atoms with Crippen molar-refractivity contribution in [3.63, 3.8) is 0 Å². The summed E-state index contributed by atoms with van der Waals surface area (Å²) < 4.78 is 1.81. The fourth-order valence-corrected chi connectivity index (χ4v) is 1.75. The molecule has 0 bridgehead atoms. The quantitative estimate of drug-likeness (QED) is 0.767. The molecular weight excluding hydrogens is 186 g/mol. The van der Waals surface area contributed by atoms with Crippen LogP contribution in [-0.2, 0) is 13.5 Å². The SMILES string of the molecule is CCC(C)Cc1cnc2c(cnn2C)c1. The van der Waals surface area contributed by atoms with Gasteiger partial charge in [0.1, 0.15) is 0 Å². The van der Waals surface area contributed by atoms with Gasteiger partial charge in [-0.05, 0) is 24.0 Å². The first kappa shape index (κ1) is 10.1. The van der Waals surface area contributed by atoms with Crippen molar-refractivity contribution < 1.29 is 0 Å². The summed E-state index contributed by atoms with van der Waals surface area (Å²) in [6, 6.07) is 2.20. The van der Waals surface area contributed by atoms with Gasteiger partial charge in [0.15, 0.2) is 5.65 Å². The van der Waals surface area contributed by atoms with E-state index in [1.54, 1.807) is 0 Å². The Hall–Kier alpha value is -1.38. The Morgan fingerprint density at radius 1 is 1.40 bits per heavy atom. The van der Waals surface area contributed by atoms with Crippen molar-refractivity contribution >= 4 is 11.0 Å². The number of hydrogen-bond acceptors (Lipinski definition) is 2. The van der Waals surface area contributed by atoms with Crippen LogP contribution in [0.1, 0.15) is 25.8 Å². The van der Waals surface area contributed by atoms with Gasteiger partial charge in [0.2, 0.25) is 0 Å². The Morgan fingerprint density at radius 2 is 2.20 bits per heavy atom. The van der Waals surface area contributed by atoms with Gasteiger partial charge < -0.3 is 0 Å². The van der Waals surface area contributed by atoms with Crippen LogP contribution in [0.4, 0.5) is 0 Å². The Labute approximate surface area is 90.1 Å². The summed E-state index contributed by atoms with van der Waals surface area (Å²) >= 11 is 0. The van der Waals surface area contributed by atoms with Gasteiger partial charge in [0.25, 0.3) is 0 Å². The number of aromatic nitrogens is 3. The minimum Gasteiger partial charge on any atom is -0.250 e. The Balaban J connectivity index is 2.31. The molecule has 0 N–H and O–H groups in total. The highest BCUT2D eigenvalue weighted by Gasteiger charge is 2.05. The maximum Gasteiger partial charge on any atom is 0.157 e. The Bertz CT molecular complexity index is 459. The first-order valence-corrected chi connectivity index (χ1v) is 5.47. The predicted octanol–water partition coefficient (Wildman–Crippen LogP) is 2.56. The van der Waals surface area contributed by atoms with Gasteiger partial charge in [-0.1, -0.05) is 20.3 Å². The van der Waals surface area contributed by atoms with E-state index < -0.39 is 0 Å². The van der Waals surface area contributed by atoms with Gasteiger partial charge in [0, 0.05) is 18.6 Å². The second-order valence-electron chi connectivity index (χ2n) is 4.24. The third kappa shape index (κ3) is 2.01. The molecule has 0 saturated heterocycles. The number of hydrogen-bond donors (Lipinski definition) is 0. The zero-order chi connectivity index (χ0) is 10.8. The molecule has 1 atom stereocenters. The number of nitrogens with zero attached hydrogens (tertiary/aromatic N) is 3. The molecule has 0 fully saturated rings. The Morgan fingerprint density at radius 3 is 2.93 bits per heavy atom. The largest absolute Gasteiger partial charge is 0.250 e. The van der Waals surface area contributed by atoms with Crippen LogP contribution in [0.15, 0.2) is 18.5 Å². The zero-order valence-electron chi connectivity index (χ0n) is 9.57. The van der Waals surface area contributed by atoms with Crippen LogP contribution in [0.2, 0.25) is 0 Å². The van der Waals surface area contributed by atoms with Crippen LogP contribution in [-0.4, -0.2) is 14.8 Å². The van der Waals surface area contributed by atoms with Gasteiger partial charge in [-0.2, -0.15) is 5.10 Å². The van der Waals surface area contributed by atoms with Crippen LogP contribution in [0.5, 0.6) is 0 Å². The maximum atomic E-state index is 4.43. The molecule has 2 aromatic heterocycles. The third-order valence-electron chi connectivity index (χ3n) is 2.91. The third-order valence-corrected chi connectivity index (χ3v) is 2.91.